The third kappa shape index (κ3) is 8.02. The van der Waals surface area contributed by atoms with Crippen molar-refractivity contribution in [2.45, 2.75) is 70.3 Å². The lowest BCUT2D eigenvalue weighted by molar-refractivity contribution is -0.144. The molecule has 1 aromatic carbocycles. The predicted molar refractivity (Wildman–Crippen MR) is 138 cm³/mol. The molecule has 0 saturated heterocycles. The van der Waals surface area contributed by atoms with E-state index in [0.717, 1.165) is 10.9 Å². The molecule has 1 heterocycles. The number of amides is 4. The molecular formula is C25H36N6O7. The Morgan fingerprint density at radius 2 is 1.61 bits per heavy atom. The van der Waals surface area contributed by atoms with Crippen molar-refractivity contribution in [3.8, 4) is 0 Å². The van der Waals surface area contributed by atoms with E-state index in [2.05, 4.69) is 20.9 Å². The Bertz CT molecular complexity index is 1160. The number of H-pyrrole nitrogens is 1. The first-order chi connectivity index (χ1) is 17.8. The van der Waals surface area contributed by atoms with Gasteiger partial charge in [0.05, 0.1) is 18.6 Å². The molecule has 10 N–H and O–H groups in total. The molecule has 38 heavy (non-hydrogen) atoms. The number of fused-ring (bicyclic) bond motifs is 1. The van der Waals surface area contributed by atoms with E-state index in [4.69, 9.17) is 11.5 Å². The number of nitrogens with two attached hydrogens (primary N) is 2. The smallest absolute Gasteiger partial charge is 0.326 e. The van der Waals surface area contributed by atoms with E-state index in [1.54, 1.807) is 20.0 Å². The van der Waals surface area contributed by atoms with E-state index in [1.807, 2.05) is 24.3 Å². The lowest BCUT2D eigenvalue weighted by atomic mass is 9.97. The van der Waals surface area contributed by atoms with Crippen LogP contribution in [0, 0.1) is 5.92 Å². The zero-order valence-corrected chi connectivity index (χ0v) is 21.6. The van der Waals surface area contributed by atoms with Gasteiger partial charge in [0.25, 0.3) is 0 Å². The highest BCUT2D eigenvalue weighted by atomic mass is 16.4. The highest BCUT2D eigenvalue weighted by molar-refractivity contribution is 5.96. The fourth-order valence-electron chi connectivity index (χ4n) is 3.90. The normalized spacial score (nSPS) is 15.9. The summed E-state index contributed by atoms with van der Waals surface area (Å²) >= 11 is 0. The van der Waals surface area contributed by atoms with E-state index in [-0.39, 0.29) is 6.42 Å². The van der Waals surface area contributed by atoms with Crippen molar-refractivity contribution in [2.24, 2.45) is 17.4 Å². The van der Waals surface area contributed by atoms with E-state index in [0.29, 0.717) is 12.0 Å². The molecule has 13 nitrogen and oxygen atoms in total. The Morgan fingerprint density at radius 1 is 0.974 bits per heavy atom. The van der Waals surface area contributed by atoms with Crippen molar-refractivity contribution >= 4 is 40.5 Å². The number of hydrogen-bond donors (Lipinski definition) is 8. The lowest BCUT2D eigenvalue weighted by Crippen LogP contribution is -2.60. The van der Waals surface area contributed by atoms with Crippen LogP contribution in [-0.4, -0.2) is 75.1 Å². The molecule has 2 rings (SSSR count). The molecule has 6 atom stereocenters. The molecule has 0 aliphatic heterocycles. The van der Waals surface area contributed by atoms with Gasteiger partial charge in [0.2, 0.25) is 23.6 Å². The quantitative estimate of drug-likeness (QED) is 0.148. The Kier molecular flexibility index (Phi) is 10.8. The van der Waals surface area contributed by atoms with Crippen molar-refractivity contribution in [3.05, 3.63) is 36.0 Å². The average Bonchev–Trinajstić information content (AvgIpc) is 3.26. The van der Waals surface area contributed by atoms with Gasteiger partial charge in [0.1, 0.15) is 18.1 Å². The summed E-state index contributed by atoms with van der Waals surface area (Å²) < 4.78 is 0. The molecule has 0 aliphatic rings. The molecule has 2 aromatic rings. The third-order valence-electron chi connectivity index (χ3n) is 6.33. The number of aliphatic hydroxyl groups excluding tert-OH is 1. The molecule has 0 radical (unpaired) electrons. The lowest BCUT2D eigenvalue weighted by Gasteiger charge is -2.27. The van der Waals surface area contributed by atoms with Crippen molar-refractivity contribution in [1.82, 2.24) is 20.9 Å². The van der Waals surface area contributed by atoms with Crippen LogP contribution in [0.1, 0.15) is 39.2 Å². The maximum absolute atomic E-state index is 13.3. The molecule has 0 bridgehead atoms. The van der Waals surface area contributed by atoms with Crippen LogP contribution in [0.15, 0.2) is 30.5 Å². The number of aliphatic carboxylic acids is 1. The minimum Gasteiger partial charge on any atom is -0.480 e. The maximum Gasteiger partial charge on any atom is 0.326 e. The van der Waals surface area contributed by atoms with Crippen LogP contribution < -0.4 is 27.4 Å². The summed E-state index contributed by atoms with van der Waals surface area (Å²) in [6.45, 7) is 4.72. The minimum absolute atomic E-state index is 0.0178. The number of rotatable bonds is 14. The Balaban J connectivity index is 2.32. The number of benzene rings is 1. The minimum atomic E-state index is -1.52. The number of para-hydroxylation sites is 1. The molecular weight excluding hydrogens is 496 g/mol. The number of nitrogens with one attached hydrogen (secondary N) is 4. The van der Waals surface area contributed by atoms with Gasteiger partial charge in [-0.2, -0.15) is 0 Å². The van der Waals surface area contributed by atoms with Crippen LogP contribution >= 0.6 is 0 Å². The molecule has 208 valence electrons. The summed E-state index contributed by atoms with van der Waals surface area (Å²) in [5.74, 6) is -4.99. The summed E-state index contributed by atoms with van der Waals surface area (Å²) in [6, 6.07) is 1.98. The van der Waals surface area contributed by atoms with Crippen LogP contribution in [0.3, 0.4) is 0 Å². The molecule has 6 unspecified atom stereocenters. The van der Waals surface area contributed by atoms with E-state index >= 15 is 0 Å². The number of aliphatic hydroxyl groups is 1. The van der Waals surface area contributed by atoms with Gasteiger partial charge in [-0.3, -0.25) is 19.2 Å². The first-order valence-electron chi connectivity index (χ1n) is 12.3. The highest BCUT2D eigenvalue weighted by Gasteiger charge is 2.34. The molecule has 0 spiro atoms. The van der Waals surface area contributed by atoms with Gasteiger partial charge in [0.15, 0.2) is 0 Å². The summed E-state index contributed by atoms with van der Waals surface area (Å²) in [5, 5.41) is 27.9. The van der Waals surface area contributed by atoms with Crippen molar-refractivity contribution in [1.29, 1.82) is 0 Å². The van der Waals surface area contributed by atoms with E-state index in [9.17, 15) is 34.2 Å². The largest absolute Gasteiger partial charge is 0.480 e. The third-order valence-corrected chi connectivity index (χ3v) is 6.33. The predicted octanol–water partition coefficient (Wildman–Crippen LogP) is -1.12. The number of aromatic amines is 1. The number of primary amides is 1. The maximum atomic E-state index is 13.3. The molecule has 1 aromatic heterocycles. The van der Waals surface area contributed by atoms with E-state index < -0.39 is 72.2 Å². The average molecular weight is 533 g/mol. The Morgan fingerprint density at radius 3 is 2.18 bits per heavy atom. The van der Waals surface area contributed by atoms with Gasteiger partial charge < -0.3 is 42.6 Å². The summed E-state index contributed by atoms with van der Waals surface area (Å²) in [5.41, 5.74) is 12.2. The summed E-state index contributed by atoms with van der Waals surface area (Å²) in [7, 11) is 0. The first-order valence-corrected chi connectivity index (χ1v) is 12.3. The van der Waals surface area contributed by atoms with Crippen molar-refractivity contribution in [3.63, 3.8) is 0 Å². The monoisotopic (exact) mass is 532 g/mol. The molecule has 0 fully saturated rings. The second-order valence-corrected chi connectivity index (χ2v) is 9.34. The van der Waals surface area contributed by atoms with Crippen LogP contribution in [0.4, 0.5) is 0 Å². The van der Waals surface area contributed by atoms with Gasteiger partial charge in [0, 0.05) is 23.5 Å². The van der Waals surface area contributed by atoms with Crippen LogP contribution in [-0.2, 0) is 30.4 Å². The van der Waals surface area contributed by atoms with Gasteiger partial charge in [-0.25, -0.2) is 4.79 Å². The highest BCUT2D eigenvalue weighted by Crippen LogP contribution is 2.19. The summed E-state index contributed by atoms with van der Waals surface area (Å²) in [4.78, 5) is 64.8. The second-order valence-electron chi connectivity index (χ2n) is 9.34. The van der Waals surface area contributed by atoms with Crippen LogP contribution in [0.5, 0.6) is 0 Å². The van der Waals surface area contributed by atoms with Crippen LogP contribution in [0.25, 0.3) is 10.9 Å². The van der Waals surface area contributed by atoms with Crippen molar-refractivity contribution < 1.29 is 34.2 Å². The number of hydrogen-bond acceptors (Lipinski definition) is 7. The topological polar surface area (TPSA) is 230 Å². The summed E-state index contributed by atoms with van der Waals surface area (Å²) in [6.07, 6.45) is 0.271. The molecule has 13 heteroatoms. The number of aromatic nitrogens is 1. The SMILES string of the molecule is CCC(C)C(NC(=O)C(Cc1c[nH]c2ccccc12)NC(=O)C(NC(=O)C(N)CC(N)=O)C(C)O)C(=O)O. The standard InChI is InChI=1S/C25H36N6O7/c1-4-12(2)20(25(37)38)30-23(35)18(9-14-11-28-17-8-6-5-7-15(14)17)29-24(36)21(13(3)32)31-22(34)16(26)10-19(27)33/h5-8,11-13,16,18,20-21,28,32H,4,9-10,26H2,1-3H3,(H2,27,33)(H,29,36)(H,30,35)(H,31,34)(H,37,38). The van der Waals surface area contributed by atoms with Gasteiger partial charge in [-0.15, -0.1) is 0 Å². The number of carboxylic acids is 1. The van der Waals surface area contributed by atoms with Gasteiger partial charge >= 0.3 is 5.97 Å². The zero-order valence-electron chi connectivity index (χ0n) is 21.6. The molecule has 0 aliphatic carbocycles. The van der Waals surface area contributed by atoms with Gasteiger partial charge in [-0.1, -0.05) is 38.5 Å². The number of carboxylic acid groups (broad SMARTS) is 1. The Labute approximate surface area is 219 Å². The second kappa shape index (κ2) is 13.5. The first kappa shape index (κ1) is 30.3. The number of carbonyl (C=O) groups is 5. The van der Waals surface area contributed by atoms with Crippen LogP contribution in [0.2, 0.25) is 0 Å². The molecule has 0 saturated carbocycles. The molecule has 4 amide bonds. The number of carbonyl (C=O) groups excluding carboxylic acids is 4. The van der Waals surface area contributed by atoms with Crippen molar-refractivity contribution in [2.75, 3.05) is 0 Å². The fraction of sp³-hybridized carbons (Fsp3) is 0.480. The zero-order chi connectivity index (χ0) is 28.6. The van der Waals surface area contributed by atoms with E-state index in [1.165, 1.54) is 6.92 Å². The Hall–Kier alpha value is -3.97. The fourth-order valence-corrected chi connectivity index (χ4v) is 3.90. The van der Waals surface area contributed by atoms with Gasteiger partial charge in [-0.05, 0) is 24.5 Å².